The third kappa shape index (κ3) is 3.64. The Balaban J connectivity index is 1.83. The van der Waals surface area contributed by atoms with Gasteiger partial charge in [-0.05, 0) is 36.2 Å². The molecule has 1 heterocycles. The van der Waals surface area contributed by atoms with Crippen molar-refractivity contribution in [3.63, 3.8) is 0 Å². The van der Waals surface area contributed by atoms with Gasteiger partial charge in [0.05, 0.1) is 6.04 Å². The minimum atomic E-state index is -0.744. The van der Waals surface area contributed by atoms with Crippen molar-refractivity contribution in [2.45, 2.75) is 19.5 Å². The van der Waals surface area contributed by atoms with Gasteiger partial charge in [-0.2, -0.15) is 0 Å². The first-order chi connectivity index (χ1) is 14.0. The summed E-state index contributed by atoms with van der Waals surface area (Å²) in [6.07, 6.45) is 0. The van der Waals surface area contributed by atoms with Crippen LogP contribution in [-0.4, -0.2) is 15.9 Å². The molecule has 1 aliphatic heterocycles. The van der Waals surface area contributed by atoms with Crippen molar-refractivity contribution in [2.24, 2.45) is 0 Å². The predicted octanol–water partition coefficient (Wildman–Crippen LogP) is 5.84. The first-order valence-electron chi connectivity index (χ1n) is 9.25. The first-order valence-corrected chi connectivity index (χ1v) is 9.63. The van der Waals surface area contributed by atoms with E-state index in [1.54, 1.807) is 42.5 Å². The Kier molecular flexibility index (Phi) is 5.12. The normalized spacial score (nSPS) is 16.6. The summed E-state index contributed by atoms with van der Waals surface area (Å²) in [5, 5.41) is 11.3. The van der Waals surface area contributed by atoms with Gasteiger partial charge < -0.3 is 10.0 Å². The van der Waals surface area contributed by atoms with Crippen molar-refractivity contribution in [2.75, 3.05) is 0 Å². The van der Waals surface area contributed by atoms with Crippen LogP contribution in [0.2, 0.25) is 5.02 Å². The molecule has 3 aromatic carbocycles. The Hall–Kier alpha value is -3.11. The molecule has 146 valence electrons. The Labute approximate surface area is 173 Å². The summed E-state index contributed by atoms with van der Waals surface area (Å²) in [7, 11) is 0. The molecule has 0 radical (unpaired) electrons. The molecule has 0 aromatic heterocycles. The number of hydrogen-bond donors (Lipinski definition) is 1. The zero-order valence-corrected chi connectivity index (χ0v) is 16.5. The molecule has 3 aromatic rings. The average molecular weight is 408 g/mol. The molecule has 1 amide bonds. The molecule has 1 atom stereocenters. The average Bonchev–Trinajstić information content (AvgIpc) is 2.95. The van der Waals surface area contributed by atoms with Crippen LogP contribution in [0.5, 0.6) is 0 Å². The van der Waals surface area contributed by atoms with Gasteiger partial charge >= 0.3 is 0 Å². The van der Waals surface area contributed by atoms with Crippen LogP contribution in [-0.2, 0) is 11.3 Å². The van der Waals surface area contributed by atoms with Crippen molar-refractivity contribution in [3.8, 4) is 0 Å². The number of nitrogens with zero attached hydrogens (tertiary/aromatic N) is 1. The fourth-order valence-electron chi connectivity index (χ4n) is 3.65. The standard InChI is InChI=1S/C24H19ClFNO2/c1-15-6-8-16(9-7-15)14-27-22(19-4-2-3-5-20(19)26)21(23(28)24(27)29)17-10-12-18(25)13-11-17/h2-13,22,28H,14H2,1H3/t22-/m1/s1. The highest BCUT2D eigenvalue weighted by molar-refractivity contribution is 6.30. The molecule has 0 spiro atoms. The monoisotopic (exact) mass is 407 g/mol. The van der Waals surface area contributed by atoms with Crippen LogP contribution in [0.25, 0.3) is 5.57 Å². The molecule has 3 nitrogen and oxygen atoms in total. The van der Waals surface area contributed by atoms with Gasteiger partial charge in [-0.3, -0.25) is 4.79 Å². The number of halogens is 2. The van der Waals surface area contributed by atoms with E-state index in [-0.39, 0.29) is 12.3 Å². The van der Waals surface area contributed by atoms with Gasteiger partial charge in [0.15, 0.2) is 5.76 Å². The van der Waals surface area contributed by atoms with E-state index >= 15 is 0 Å². The van der Waals surface area contributed by atoms with Gasteiger partial charge in [0, 0.05) is 22.7 Å². The van der Waals surface area contributed by atoms with Gasteiger partial charge in [-0.25, -0.2) is 4.39 Å². The summed E-state index contributed by atoms with van der Waals surface area (Å²) >= 11 is 5.99. The second-order valence-corrected chi connectivity index (χ2v) is 7.55. The number of rotatable bonds is 4. The number of carbonyl (C=O) groups is 1. The first kappa shape index (κ1) is 19.2. The number of carbonyl (C=O) groups excluding carboxylic acids is 1. The number of aliphatic hydroxyl groups is 1. The third-order valence-electron chi connectivity index (χ3n) is 5.13. The maximum Gasteiger partial charge on any atom is 0.290 e. The van der Waals surface area contributed by atoms with Crippen molar-refractivity contribution in [1.29, 1.82) is 0 Å². The lowest BCUT2D eigenvalue weighted by molar-refractivity contribution is -0.130. The maximum atomic E-state index is 14.8. The lowest BCUT2D eigenvalue weighted by Crippen LogP contribution is -2.30. The van der Waals surface area contributed by atoms with E-state index in [2.05, 4.69) is 0 Å². The zero-order valence-electron chi connectivity index (χ0n) is 15.8. The van der Waals surface area contributed by atoms with Crippen LogP contribution >= 0.6 is 11.6 Å². The Morgan fingerprint density at radius 1 is 1.00 bits per heavy atom. The predicted molar refractivity (Wildman–Crippen MR) is 112 cm³/mol. The second-order valence-electron chi connectivity index (χ2n) is 7.11. The molecule has 1 N–H and O–H groups in total. The number of aryl methyl sites for hydroxylation is 1. The molecule has 0 saturated heterocycles. The summed E-state index contributed by atoms with van der Waals surface area (Å²) in [5.74, 6) is -1.32. The quantitative estimate of drug-likeness (QED) is 0.590. The molecule has 0 fully saturated rings. The van der Waals surface area contributed by atoms with Crippen LogP contribution in [0.4, 0.5) is 4.39 Å². The van der Waals surface area contributed by atoms with Crippen molar-refractivity contribution in [1.82, 2.24) is 4.90 Å². The highest BCUT2D eigenvalue weighted by Crippen LogP contribution is 2.44. The number of amides is 1. The van der Waals surface area contributed by atoms with Crippen molar-refractivity contribution >= 4 is 23.1 Å². The molecule has 0 aliphatic carbocycles. The Morgan fingerprint density at radius 2 is 1.66 bits per heavy atom. The molecule has 29 heavy (non-hydrogen) atoms. The minimum absolute atomic E-state index is 0.249. The SMILES string of the molecule is Cc1ccc(CN2C(=O)C(O)=C(c3ccc(Cl)cc3)[C@H]2c2ccccc2F)cc1. The van der Waals surface area contributed by atoms with Gasteiger partial charge in [-0.1, -0.05) is 71.8 Å². The Morgan fingerprint density at radius 3 is 2.31 bits per heavy atom. The largest absolute Gasteiger partial charge is 0.503 e. The van der Waals surface area contributed by atoms with Crippen molar-refractivity contribution in [3.05, 3.63) is 112 Å². The highest BCUT2D eigenvalue weighted by Gasteiger charge is 2.42. The van der Waals surface area contributed by atoms with Crippen LogP contribution < -0.4 is 0 Å². The van der Waals surface area contributed by atoms with Gasteiger partial charge in [0.1, 0.15) is 5.82 Å². The highest BCUT2D eigenvalue weighted by atomic mass is 35.5. The van der Waals surface area contributed by atoms with Crippen LogP contribution in [0.15, 0.2) is 78.6 Å². The summed E-state index contributed by atoms with van der Waals surface area (Å²) in [4.78, 5) is 14.5. The van der Waals surface area contributed by atoms with Crippen LogP contribution in [0.1, 0.15) is 28.3 Å². The molecule has 5 heteroatoms. The van der Waals surface area contributed by atoms with Gasteiger partial charge in [-0.15, -0.1) is 0 Å². The van der Waals surface area contributed by atoms with E-state index in [1.807, 2.05) is 31.2 Å². The van der Waals surface area contributed by atoms with E-state index in [0.29, 0.717) is 21.7 Å². The molecule has 1 aliphatic rings. The van der Waals surface area contributed by atoms with Gasteiger partial charge in [0.25, 0.3) is 5.91 Å². The van der Waals surface area contributed by atoms with Crippen molar-refractivity contribution < 1.29 is 14.3 Å². The van der Waals surface area contributed by atoms with E-state index in [1.165, 1.54) is 11.0 Å². The van der Waals surface area contributed by atoms with E-state index in [9.17, 15) is 14.3 Å². The van der Waals surface area contributed by atoms with E-state index < -0.39 is 17.8 Å². The third-order valence-corrected chi connectivity index (χ3v) is 5.38. The molecule has 0 saturated carbocycles. The van der Waals surface area contributed by atoms with Crippen LogP contribution in [0.3, 0.4) is 0 Å². The summed E-state index contributed by atoms with van der Waals surface area (Å²) in [5.41, 5.74) is 3.34. The molecular weight excluding hydrogens is 389 g/mol. The number of aliphatic hydroxyl groups excluding tert-OH is 1. The fraction of sp³-hybridized carbons (Fsp3) is 0.125. The van der Waals surface area contributed by atoms with Crippen LogP contribution in [0, 0.1) is 12.7 Å². The molecule has 0 unspecified atom stereocenters. The molecule has 4 rings (SSSR count). The zero-order chi connectivity index (χ0) is 20.5. The van der Waals surface area contributed by atoms with Gasteiger partial charge in [0.2, 0.25) is 0 Å². The summed E-state index contributed by atoms with van der Waals surface area (Å²) in [6.45, 7) is 2.23. The maximum absolute atomic E-state index is 14.8. The number of benzene rings is 3. The topological polar surface area (TPSA) is 40.5 Å². The summed E-state index contributed by atoms with van der Waals surface area (Å²) < 4.78 is 14.8. The van der Waals surface area contributed by atoms with E-state index in [0.717, 1.165) is 11.1 Å². The summed E-state index contributed by atoms with van der Waals surface area (Å²) in [6, 6.07) is 20.2. The molecular formula is C24H19ClFNO2. The Bertz CT molecular complexity index is 1090. The molecule has 0 bridgehead atoms. The lowest BCUT2D eigenvalue weighted by atomic mass is 9.93. The fourth-order valence-corrected chi connectivity index (χ4v) is 3.78. The minimum Gasteiger partial charge on any atom is -0.503 e. The number of hydrogen-bond acceptors (Lipinski definition) is 2. The smallest absolute Gasteiger partial charge is 0.290 e. The van der Waals surface area contributed by atoms with E-state index in [4.69, 9.17) is 11.6 Å². The lowest BCUT2D eigenvalue weighted by Gasteiger charge is -2.28. The second kappa shape index (κ2) is 7.72.